The normalized spacial score (nSPS) is 11.5. The molecule has 0 atom stereocenters. The van der Waals surface area contributed by atoms with Crippen molar-refractivity contribution < 1.29 is 0 Å². The molecule has 72 valence electrons. The van der Waals surface area contributed by atoms with Gasteiger partial charge in [-0.3, -0.25) is 0 Å². The molecule has 4 heteroatoms. The molecular weight excluding hydrogens is 243 g/mol. The van der Waals surface area contributed by atoms with Gasteiger partial charge in [-0.05, 0) is 42.6 Å². The molecule has 0 amide bonds. The van der Waals surface area contributed by atoms with E-state index in [1.165, 1.54) is 11.1 Å². The highest BCUT2D eigenvalue weighted by atomic mass is 35.6. The first-order valence-corrected chi connectivity index (χ1v) is 7.97. The molecule has 0 saturated carbocycles. The predicted molar refractivity (Wildman–Crippen MR) is 64.0 cm³/mol. The van der Waals surface area contributed by atoms with Crippen LogP contribution in [0.1, 0.15) is 16.7 Å². The van der Waals surface area contributed by atoms with Crippen molar-refractivity contribution in [1.29, 1.82) is 0 Å². The van der Waals surface area contributed by atoms with Crippen molar-refractivity contribution in [3.8, 4) is 0 Å². The number of benzene rings is 1. The van der Waals surface area contributed by atoms with Crippen LogP contribution < -0.4 is 0 Å². The zero-order valence-electron chi connectivity index (χ0n) is 7.63. The summed E-state index contributed by atoms with van der Waals surface area (Å²) in [6.07, 6.45) is 0. The van der Waals surface area contributed by atoms with Crippen LogP contribution in [-0.2, 0) is 6.04 Å². The van der Waals surface area contributed by atoms with E-state index in [1.807, 2.05) is 13.0 Å². The number of hydrogen-bond donors (Lipinski definition) is 0. The van der Waals surface area contributed by atoms with E-state index < -0.39 is 8.83 Å². The van der Waals surface area contributed by atoms with Gasteiger partial charge in [-0.1, -0.05) is 23.2 Å². The van der Waals surface area contributed by atoms with E-state index in [0.29, 0.717) is 10.0 Å². The summed E-state index contributed by atoms with van der Waals surface area (Å²) in [6.45, 7) is 4.10. The van der Waals surface area contributed by atoms with Crippen molar-refractivity contribution >= 4 is 43.1 Å². The van der Waals surface area contributed by atoms with Crippen LogP contribution >= 0.6 is 34.3 Å². The number of rotatable bonds is 2. The predicted octanol–water partition coefficient (Wildman–Crippen LogP) is 3.43. The molecule has 1 aromatic rings. The highest BCUT2D eigenvalue weighted by molar-refractivity contribution is 6.93. The number of aryl methyl sites for hydroxylation is 1. The van der Waals surface area contributed by atoms with E-state index in [-0.39, 0.29) is 0 Å². The fraction of sp³-hybridized carbons (Fsp3) is 0.333. The average Bonchev–Trinajstić information content (AvgIpc) is 2.09. The van der Waals surface area contributed by atoms with Gasteiger partial charge in [-0.15, -0.1) is 0 Å². The first-order valence-electron chi connectivity index (χ1n) is 4.08. The van der Waals surface area contributed by atoms with Crippen LogP contribution in [0.25, 0.3) is 0 Å². The molecule has 0 unspecified atom stereocenters. The molecule has 0 radical (unpaired) electrons. The number of hydrogen-bond acceptors (Lipinski definition) is 0. The van der Waals surface area contributed by atoms with E-state index in [9.17, 15) is 0 Å². The smallest absolute Gasteiger partial charge is 0.129 e. The lowest BCUT2D eigenvalue weighted by atomic mass is 10.0. The first-order chi connectivity index (χ1) is 6.07. The fourth-order valence-corrected chi connectivity index (χ4v) is 3.41. The van der Waals surface area contributed by atoms with Gasteiger partial charge in [0.25, 0.3) is 0 Å². The minimum absolute atomic E-state index is 0.530. The van der Waals surface area contributed by atoms with Crippen LogP contribution in [0.4, 0.5) is 0 Å². The zero-order valence-corrected chi connectivity index (χ0v) is 11.3. The van der Waals surface area contributed by atoms with Crippen molar-refractivity contribution in [2.24, 2.45) is 0 Å². The van der Waals surface area contributed by atoms with E-state index in [2.05, 4.69) is 6.92 Å². The molecule has 0 heterocycles. The monoisotopic (exact) mass is 252 g/mol. The third-order valence-electron chi connectivity index (χ3n) is 2.21. The van der Waals surface area contributed by atoms with Crippen molar-refractivity contribution in [3.63, 3.8) is 0 Å². The molecule has 0 N–H and O–H groups in total. The Kier molecular flexibility index (Phi) is 4.11. The van der Waals surface area contributed by atoms with Gasteiger partial charge >= 0.3 is 0 Å². The number of halogens is 3. The van der Waals surface area contributed by atoms with Gasteiger partial charge in [0.05, 0.1) is 10.0 Å². The minimum atomic E-state index is -0.530. The topological polar surface area (TPSA) is 0 Å². The van der Waals surface area contributed by atoms with E-state index in [0.717, 1.165) is 11.6 Å². The second-order valence-corrected chi connectivity index (χ2v) is 5.83. The van der Waals surface area contributed by atoms with Gasteiger partial charge in [0.15, 0.2) is 0 Å². The molecule has 0 aromatic heterocycles. The summed E-state index contributed by atoms with van der Waals surface area (Å²) >= 11 is 17.9. The lowest BCUT2D eigenvalue weighted by Crippen LogP contribution is -1.97. The van der Waals surface area contributed by atoms with Crippen LogP contribution in [0.2, 0.25) is 10.0 Å². The average molecular weight is 254 g/mol. The van der Waals surface area contributed by atoms with Crippen molar-refractivity contribution in [3.05, 3.63) is 32.8 Å². The van der Waals surface area contributed by atoms with Crippen molar-refractivity contribution in [2.75, 3.05) is 0 Å². The minimum Gasteiger partial charge on any atom is -0.176 e. The summed E-state index contributed by atoms with van der Waals surface area (Å²) < 4.78 is 0. The molecule has 0 spiro atoms. The maximum Gasteiger partial charge on any atom is 0.129 e. The van der Waals surface area contributed by atoms with Gasteiger partial charge in [0.1, 0.15) is 8.83 Å². The zero-order chi connectivity index (χ0) is 10.0. The van der Waals surface area contributed by atoms with Crippen LogP contribution in [0.3, 0.4) is 0 Å². The summed E-state index contributed by atoms with van der Waals surface area (Å²) in [4.78, 5) is 0. The SMILES string of the molecule is Cc1cc(Cl)c(Cl)c(C[SiH2]Cl)c1C. The van der Waals surface area contributed by atoms with Gasteiger partial charge in [-0.2, -0.15) is 11.1 Å². The molecule has 0 nitrogen and oxygen atoms in total. The van der Waals surface area contributed by atoms with E-state index in [1.54, 1.807) is 0 Å². The molecule has 0 bridgehead atoms. The Hall–Kier alpha value is 0.307. The molecule has 0 saturated heterocycles. The standard InChI is InChI=1S/C9H11Cl3Si/c1-5-3-8(10)9(11)7(4-13-12)6(5)2/h3H,4,13H2,1-2H3. The Balaban J connectivity index is 3.28. The van der Waals surface area contributed by atoms with E-state index >= 15 is 0 Å². The molecular formula is C9H11Cl3Si. The second-order valence-electron chi connectivity index (χ2n) is 3.03. The van der Waals surface area contributed by atoms with Crippen LogP contribution in [0.15, 0.2) is 6.07 Å². The Labute approximate surface area is 95.7 Å². The first kappa shape index (κ1) is 11.4. The summed E-state index contributed by atoms with van der Waals surface area (Å²) in [5.41, 5.74) is 3.54. The Bertz CT molecular complexity index is 297. The summed E-state index contributed by atoms with van der Waals surface area (Å²) in [7, 11) is -0.530. The van der Waals surface area contributed by atoms with Crippen molar-refractivity contribution in [1.82, 2.24) is 0 Å². The molecule has 1 rings (SSSR count). The molecule has 0 fully saturated rings. The summed E-state index contributed by atoms with van der Waals surface area (Å²) in [5, 5.41) is 1.32. The maximum absolute atomic E-state index is 6.08. The third-order valence-corrected chi connectivity index (χ3v) is 4.29. The Morgan fingerprint density at radius 3 is 2.46 bits per heavy atom. The third kappa shape index (κ3) is 2.41. The van der Waals surface area contributed by atoms with Gasteiger partial charge in [0.2, 0.25) is 0 Å². The lowest BCUT2D eigenvalue weighted by Gasteiger charge is -2.11. The Morgan fingerprint density at radius 1 is 1.31 bits per heavy atom. The lowest BCUT2D eigenvalue weighted by molar-refractivity contribution is 1.24. The largest absolute Gasteiger partial charge is 0.176 e. The van der Waals surface area contributed by atoms with Gasteiger partial charge in [-0.25, -0.2) is 0 Å². The molecule has 0 aliphatic rings. The summed E-state index contributed by atoms with van der Waals surface area (Å²) in [6, 6.07) is 2.81. The molecule has 1 aromatic carbocycles. The fourth-order valence-electron chi connectivity index (χ4n) is 1.30. The molecule has 0 aliphatic heterocycles. The highest BCUT2D eigenvalue weighted by Crippen LogP contribution is 2.30. The quantitative estimate of drug-likeness (QED) is 0.560. The second kappa shape index (κ2) is 4.69. The highest BCUT2D eigenvalue weighted by Gasteiger charge is 2.10. The Morgan fingerprint density at radius 2 is 1.92 bits per heavy atom. The van der Waals surface area contributed by atoms with E-state index in [4.69, 9.17) is 34.3 Å². The van der Waals surface area contributed by atoms with Crippen LogP contribution in [0.5, 0.6) is 0 Å². The van der Waals surface area contributed by atoms with Crippen LogP contribution in [-0.4, -0.2) is 8.83 Å². The van der Waals surface area contributed by atoms with Gasteiger partial charge in [0, 0.05) is 0 Å². The molecule has 13 heavy (non-hydrogen) atoms. The maximum atomic E-state index is 6.08. The molecule has 0 aliphatic carbocycles. The summed E-state index contributed by atoms with van der Waals surface area (Å²) in [5.74, 6) is 0. The van der Waals surface area contributed by atoms with Crippen LogP contribution in [0, 0.1) is 13.8 Å². The van der Waals surface area contributed by atoms with Crippen molar-refractivity contribution in [2.45, 2.75) is 19.9 Å². The van der Waals surface area contributed by atoms with Gasteiger partial charge < -0.3 is 0 Å².